The van der Waals surface area contributed by atoms with Crippen molar-refractivity contribution >= 4 is 15.9 Å². The van der Waals surface area contributed by atoms with Crippen LogP contribution in [-0.2, 0) is 10.2 Å². The van der Waals surface area contributed by atoms with Gasteiger partial charge in [-0.25, -0.2) is 0 Å². The van der Waals surface area contributed by atoms with Gasteiger partial charge in [-0.3, -0.25) is 4.72 Å². The molecular weight excluding hydrogens is 218 g/mol. The summed E-state index contributed by atoms with van der Waals surface area (Å²) < 4.78 is 25.2. The molecule has 0 amide bonds. The number of aryl methyl sites for hydroxylation is 1. The predicted octanol–water partition coefficient (Wildman–Crippen LogP) is 1.26. The van der Waals surface area contributed by atoms with Crippen LogP contribution in [0.2, 0.25) is 0 Å². The summed E-state index contributed by atoms with van der Waals surface area (Å²) in [6.45, 7) is 1.89. The van der Waals surface area contributed by atoms with Crippen LogP contribution < -0.4 is 4.72 Å². The summed E-state index contributed by atoms with van der Waals surface area (Å²) in [4.78, 5) is 10.1. The maximum absolute atomic E-state index is 11.3. The van der Waals surface area contributed by atoms with Gasteiger partial charge in [-0.1, -0.05) is 17.7 Å². The SMILES string of the molecule is Cc1ccc(NS(=O)(=O)N(C)N=O)cc1. The number of nitrogens with one attached hydrogen (secondary N) is 1. The van der Waals surface area contributed by atoms with Crippen molar-refractivity contribution in [1.82, 2.24) is 4.41 Å². The van der Waals surface area contributed by atoms with Crippen molar-refractivity contribution in [3.8, 4) is 0 Å². The zero-order valence-electron chi connectivity index (χ0n) is 8.34. The highest BCUT2D eigenvalue weighted by atomic mass is 32.2. The van der Waals surface area contributed by atoms with Gasteiger partial charge in [0.05, 0.1) is 11.0 Å². The molecule has 0 aromatic heterocycles. The van der Waals surface area contributed by atoms with Crippen molar-refractivity contribution in [2.24, 2.45) is 5.29 Å². The number of rotatable bonds is 4. The van der Waals surface area contributed by atoms with E-state index in [0.717, 1.165) is 12.6 Å². The van der Waals surface area contributed by atoms with E-state index in [9.17, 15) is 13.3 Å². The van der Waals surface area contributed by atoms with E-state index >= 15 is 0 Å². The van der Waals surface area contributed by atoms with Crippen molar-refractivity contribution in [2.45, 2.75) is 6.92 Å². The molecule has 1 N–H and O–H groups in total. The van der Waals surface area contributed by atoms with Crippen LogP contribution in [-0.4, -0.2) is 19.9 Å². The first kappa shape index (κ1) is 11.4. The molecule has 6 nitrogen and oxygen atoms in total. The monoisotopic (exact) mass is 229 g/mol. The normalized spacial score (nSPS) is 10.8. The van der Waals surface area contributed by atoms with Crippen LogP contribution in [0.25, 0.3) is 0 Å². The Morgan fingerprint density at radius 1 is 1.27 bits per heavy atom. The molecule has 7 heteroatoms. The van der Waals surface area contributed by atoms with E-state index < -0.39 is 10.2 Å². The highest BCUT2D eigenvalue weighted by Gasteiger charge is 2.16. The lowest BCUT2D eigenvalue weighted by atomic mass is 10.2. The molecule has 0 fully saturated rings. The Bertz CT molecular complexity index is 441. The van der Waals surface area contributed by atoms with Crippen LogP contribution in [0.5, 0.6) is 0 Å². The highest BCUT2D eigenvalue weighted by molar-refractivity contribution is 7.90. The second kappa shape index (κ2) is 4.26. The molecule has 0 aliphatic rings. The molecule has 0 saturated heterocycles. The maximum atomic E-state index is 11.3. The Morgan fingerprint density at radius 3 is 2.27 bits per heavy atom. The first-order valence-corrected chi connectivity index (χ1v) is 5.56. The molecule has 15 heavy (non-hydrogen) atoms. The van der Waals surface area contributed by atoms with E-state index in [4.69, 9.17) is 0 Å². The lowest BCUT2D eigenvalue weighted by Crippen LogP contribution is -2.27. The zero-order valence-corrected chi connectivity index (χ0v) is 9.15. The molecule has 1 aromatic rings. The Balaban J connectivity index is 2.87. The van der Waals surface area contributed by atoms with E-state index in [0.29, 0.717) is 10.1 Å². The van der Waals surface area contributed by atoms with Gasteiger partial charge in [0.2, 0.25) is 0 Å². The number of benzene rings is 1. The maximum Gasteiger partial charge on any atom is 0.341 e. The van der Waals surface area contributed by atoms with Gasteiger partial charge in [-0.2, -0.15) is 8.42 Å². The fourth-order valence-corrected chi connectivity index (χ4v) is 1.53. The van der Waals surface area contributed by atoms with Gasteiger partial charge in [0.15, 0.2) is 0 Å². The van der Waals surface area contributed by atoms with Gasteiger partial charge in [0.25, 0.3) is 0 Å². The van der Waals surface area contributed by atoms with E-state index in [1.165, 1.54) is 0 Å². The molecule has 0 bridgehead atoms. The molecule has 0 spiro atoms. The zero-order chi connectivity index (χ0) is 11.5. The second-order valence-corrected chi connectivity index (χ2v) is 4.67. The molecule has 0 radical (unpaired) electrons. The van der Waals surface area contributed by atoms with E-state index in [-0.39, 0.29) is 0 Å². The van der Waals surface area contributed by atoms with Crippen LogP contribution >= 0.6 is 0 Å². The second-order valence-electron chi connectivity index (χ2n) is 2.99. The van der Waals surface area contributed by atoms with Crippen molar-refractivity contribution < 1.29 is 8.42 Å². The topological polar surface area (TPSA) is 78.8 Å². The predicted molar refractivity (Wildman–Crippen MR) is 57.3 cm³/mol. The Morgan fingerprint density at radius 2 is 1.80 bits per heavy atom. The fourth-order valence-electron chi connectivity index (χ4n) is 0.880. The lowest BCUT2D eigenvalue weighted by molar-refractivity contribution is 0.491. The van der Waals surface area contributed by atoms with Gasteiger partial charge in [-0.15, -0.1) is 9.32 Å². The number of nitroso groups, excluding NO2 is 1. The molecule has 0 aliphatic heterocycles. The average molecular weight is 229 g/mol. The van der Waals surface area contributed by atoms with Crippen LogP contribution in [0.15, 0.2) is 29.6 Å². The lowest BCUT2D eigenvalue weighted by Gasteiger charge is -2.11. The minimum absolute atomic E-state index is 0.326. The van der Waals surface area contributed by atoms with Crippen LogP contribution in [0.1, 0.15) is 5.56 Å². The Labute approximate surface area is 88.0 Å². The third-order valence-corrected chi connectivity index (χ3v) is 3.02. The molecule has 0 saturated carbocycles. The summed E-state index contributed by atoms with van der Waals surface area (Å²) in [5, 5.41) is 2.31. The molecule has 82 valence electrons. The smallest absolute Gasteiger partial charge is 0.265 e. The largest absolute Gasteiger partial charge is 0.341 e. The Hall–Kier alpha value is -1.63. The summed E-state index contributed by atoms with van der Waals surface area (Å²) in [7, 11) is -2.81. The molecule has 0 unspecified atom stereocenters. The van der Waals surface area contributed by atoms with Gasteiger partial charge in [-0.05, 0) is 19.1 Å². The molecule has 0 atom stereocenters. The van der Waals surface area contributed by atoms with Gasteiger partial charge < -0.3 is 0 Å². The third-order valence-electron chi connectivity index (χ3n) is 1.76. The third kappa shape index (κ3) is 2.91. The number of hydrogen-bond donors (Lipinski definition) is 1. The molecule has 0 aliphatic carbocycles. The standard InChI is InChI=1S/C8H11N3O3S/c1-7-3-5-8(6-4-7)9-15(13,14)11(2)10-12/h3-6,9H,1-2H3. The first-order valence-electron chi connectivity index (χ1n) is 4.12. The van der Waals surface area contributed by atoms with Gasteiger partial charge in [0, 0.05) is 7.05 Å². The van der Waals surface area contributed by atoms with Crippen molar-refractivity contribution in [1.29, 1.82) is 0 Å². The summed E-state index contributed by atoms with van der Waals surface area (Å²) in [5.41, 5.74) is 1.40. The Kier molecular flexibility index (Phi) is 3.25. The van der Waals surface area contributed by atoms with Gasteiger partial charge in [0.1, 0.15) is 0 Å². The number of nitrogens with zero attached hydrogens (tertiary/aromatic N) is 2. The summed E-state index contributed by atoms with van der Waals surface area (Å²) in [6.07, 6.45) is 0. The summed E-state index contributed by atoms with van der Waals surface area (Å²) in [6, 6.07) is 6.72. The molecule has 1 aromatic carbocycles. The van der Waals surface area contributed by atoms with Crippen molar-refractivity contribution in [3.05, 3.63) is 34.7 Å². The van der Waals surface area contributed by atoms with Gasteiger partial charge >= 0.3 is 10.2 Å². The fraction of sp³-hybridized carbons (Fsp3) is 0.250. The number of anilines is 1. The first-order chi connectivity index (χ1) is 6.95. The van der Waals surface area contributed by atoms with Crippen LogP contribution in [0.4, 0.5) is 5.69 Å². The van der Waals surface area contributed by atoms with Crippen LogP contribution in [0, 0.1) is 11.8 Å². The molecular formula is C8H11N3O3S. The molecule has 0 heterocycles. The average Bonchev–Trinajstić information content (AvgIpc) is 2.20. The minimum Gasteiger partial charge on any atom is -0.265 e. The van der Waals surface area contributed by atoms with Crippen LogP contribution in [0.3, 0.4) is 0 Å². The summed E-state index contributed by atoms with van der Waals surface area (Å²) >= 11 is 0. The van der Waals surface area contributed by atoms with E-state index in [1.54, 1.807) is 24.3 Å². The van der Waals surface area contributed by atoms with E-state index in [1.807, 2.05) is 6.92 Å². The number of hydrogen-bond acceptors (Lipinski definition) is 4. The van der Waals surface area contributed by atoms with E-state index in [2.05, 4.69) is 10.0 Å². The quantitative estimate of drug-likeness (QED) is 0.623. The van der Waals surface area contributed by atoms with Crippen molar-refractivity contribution in [3.63, 3.8) is 0 Å². The summed E-state index contributed by atoms with van der Waals surface area (Å²) in [5.74, 6) is 0. The highest BCUT2D eigenvalue weighted by Crippen LogP contribution is 2.11. The minimum atomic E-state index is -3.87. The van der Waals surface area contributed by atoms with Crippen molar-refractivity contribution in [2.75, 3.05) is 11.8 Å². The molecule has 1 rings (SSSR count).